The Labute approximate surface area is 345 Å². The third-order valence-corrected chi connectivity index (χ3v) is 10.1. The number of rotatable bonds is 20. The third-order valence-electron chi connectivity index (χ3n) is 8.32. The molecule has 0 spiro atoms. The molecule has 284 valence electrons. The van der Waals surface area contributed by atoms with Gasteiger partial charge in [0.25, 0.3) is 10.1 Å². The van der Waals surface area contributed by atoms with Crippen LogP contribution in [0.2, 0.25) is 0 Å². The quantitative estimate of drug-likeness (QED) is 0.0499. The van der Waals surface area contributed by atoms with E-state index in [-0.39, 0.29) is 65.6 Å². The number of benzene rings is 4. The Morgan fingerprint density at radius 2 is 0.962 bits per heavy atom. The summed E-state index contributed by atoms with van der Waals surface area (Å²) >= 11 is 0. The van der Waals surface area contributed by atoms with Crippen LogP contribution in [-0.2, 0) is 33.1 Å². The predicted molar refractivity (Wildman–Crippen MR) is 205 cm³/mol. The van der Waals surface area contributed by atoms with Crippen molar-refractivity contribution < 1.29 is 45.6 Å². The van der Waals surface area contributed by atoms with Crippen LogP contribution in [0.3, 0.4) is 0 Å². The topological polar surface area (TPSA) is 173 Å². The summed E-state index contributed by atoms with van der Waals surface area (Å²) < 4.78 is 78.3. The number of phenols is 1. The number of aromatic hydroxyl groups is 1. The summed E-state index contributed by atoms with van der Waals surface area (Å²) in [6.45, 7) is 4.37. The molecule has 0 radical (unpaired) electrons. The van der Waals surface area contributed by atoms with Crippen molar-refractivity contribution in [3.05, 3.63) is 96.1 Å². The molecule has 0 aliphatic carbocycles. The minimum absolute atomic E-state index is 0. The predicted octanol–water partition coefficient (Wildman–Crippen LogP) is 9.31. The Hall–Kier alpha value is -2.84. The van der Waals surface area contributed by atoms with Crippen molar-refractivity contribution in [1.82, 2.24) is 0 Å². The zero-order valence-corrected chi connectivity index (χ0v) is 34.5. The van der Waals surface area contributed by atoms with E-state index in [1.54, 1.807) is 24.3 Å². The van der Waals surface area contributed by atoms with Crippen molar-refractivity contribution in [3.8, 4) is 34.5 Å². The van der Waals surface area contributed by atoms with Gasteiger partial charge in [-0.2, -0.15) is 8.42 Å². The number of unbranched alkanes of at least 4 members (excludes halogenated alkanes) is 10. The zero-order valence-electron chi connectivity index (χ0n) is 30.7. The maximum Gasteiger partial charge on any atom is 2.00 e. The Morgan fingerprint density at radius 3 is 1.40 bits per heavy atom. The molecular weight excluding hydrogens is 745 g/mol. The summed E-state index contributed by atoms with van der Waals surface area (Å²) in [4.78, 5) is -0.660. The Kier molecular flexibility index (Phi) is 20.8. The van der Waals surface area contributed by atoms with E-state index in [0.29, 0.717) is 11.5 Å². The SMILES string of the molecule is CCCCCCCCc1ccc(S(=O)(=O)O)c(Oc2ccc(O)cc2)c1.CCCCCCCCc1ccc(S(=O)(=O)[O-])c(Oc2ccc([O-])cc2)c1.[Ca+2]. The van der Waals surface area contributed by atoms with Gasteiger partial charge < -0.3 is 24.2 Å². The van der Waals surface area contributed by atoms with Crippen LogP contribution in [0.15, 0.2) is 94.7 Å². The maximum atomic E-state index is 11.6. The van der Waals surface area contributed by atoms with Crippen LogP contribution in [0.5, 0.6) is 34.5 Å². The molecule has 4 aromatic carbocycles. The first-order valence-corrected chi connectivity index (χ1v) is 20.8. The Balaban J connectivity index is 0.000000360. The molecule has 0 saturated carbocycles. The molecule has 0 bridgehead atoms. The fraction of sp³-hybridized carbons (Fsp3) is 0.400. The first-order valence-electron chi connectivity index (χ1n) is 17.9. The average molecular weight is 795 g/mol. The molecule has 0 aliphatic rings. The van der Waals surface area contributed by atoms with Gasteiger partial charge in [-0.05, 0) is 97.5 Å². The fourth-order valence-corrected chi connectivity index (χ4v) is 6.67. The second kappa shape index (κ2) is 23.8. The van der Waals surface area contributed by atoms with Crippen molar-refractivity contribution in [1.29, 1.82) is 0 Å². The number of hydrogen-bond acceptors (Lipinski definition) is 9. The molecule has 4 aromatic rings. The minimum atomic E-state index is -4.65. The van der Waals surface area contributed by atoms with E-state index in [2.05, 4.69) is 13.8 Å². The molecule has 13 heteroatoms. The maximum absolute atomic E-state index is 11.6. The van der Waals surface area contributed by atoms with Gasteiger partial charge in [0.05, 0.1) is 4.90 Å². The van der Waals surface area contributed by atoms with E-state index in [0.717, 1.165) is 49.7 Å². The largest absolute Gasteiger partial charge is 2.00 e. The molecule has 4 rings (SSSR count). The van der Waals surface area contributed by atoms with Gasteiger partial charge in [-0.25, -0.2) is 8.42 Å². The van der Waals surface area contributed by atoms with Crippen LogP contribution in [0.25, 0.3) is 0 Å². The molecule has 0 fully saturated rings. The number of phenolic OH excluding ortho intramolecular Hbond substituents is 1. The van der Waals surface area contributed by atoms with Crippen LogP contribution in [-0.4, -0.2) is 68.8 Å². The van der Waals surface area contributed by atoms with Crippen molar-refractivity contribution >= 4 is 58.0 Å². The van der Waals surface area contributed by atoms with Gasteiger partial charge in [0, 0.05) is 0 Å². The van der Waals surface area contributed by atoms with Gasteiger partial charge in [0.2, 0.25) is 0 Å². The van der Waals surface area contributed by atoms with Gasteiger partial charge in [-0.1, -0.05) is 102 Å². The summed E-state index contributed by atoms with van der Waals surface area (Å²) in [7, 11) is -9.04. The van der Waals surface area contributed by atoms with E-state index < -0.39 is 25.1 Å². The van der Waals surface area contributed by atoms with Crippen molar-refractivity contribution in [2.24, 2.45) is 0 Å². The van der Waals surface area contributed by atoms with Crippen LogP contribution >= 0.6 is 0 Å². The van der Waals surface area contributed by atoms with Crippen LogP contribution in [0.1, 0.15) is 102 Å². The molecule has 2 N–H and O–H groups in total. The number of hydrogen-bond donors (Lipinski definition) is 2. The first-order chi connectivity index (χ1) is 24.8. The van der Waals surface area contributed by atoms with Gasteiger partial charge in [-0.15, -0.1) is 5.75 Å². The zero-order chi connectivity index (χ0) is 38.0. The molecule has 53 heavy (non-hydrogen) atoms. The molecule has 0 unspecified atom stereocenters. The van der Waals surface area contributed by atoms with Gasteiger partial charge in [0.1, 0.15) is 43.8 Å². The van der Waals surface area contributed by atoms with E-state index in [4.69, 9.17) is 9.47 Å². The second-order valence-electron chi connectivity index (χ2n) is 12.7. The number of ether oxygens (including phenoxy) is 2. The molecule has 0 aliphatic heterocycles. The van der Waals surface area contributed by atoms with Gasteiger partial charge >= 0.3 is 37.7 Å². The molecular formula is C40H50CaO10S2. The van der Waals surface area contributed by atoms with Gasteiger partial charge in [-0.3, -0.25) is 4.55 Å². The minimum Gasteiger partial charge on any atom is -0.872 e. The van der Waals surface area contributed by atoms with E-state index in [1.165, 1.54) is 112 Å². The summed E-state index contributed by atoms with van der Waals surface area (Å²) in [5.41, 5.74) is 1.88. The molecule has 0 atom stereocenters. The van der Waals surface area contributed by atoms with Crippen LogP contribution in [0.4, 0.5) is 0 Å². The second-order valence-corrected chi connectivity index (χ2v) is 15.4. The normalized spacial score (nSPS) is 11.2. The smallest absolute Gasteiger partial charge is 0.872 e. The molecule has 0 aromatic heterocycles. The summed E-state index contributed by atoms with van der Waals surface area (Å²) in [6, 6.07) is 20.8. The average Bonchev–Trinajstić information content (AvgIpc) is 3.09. The van der Waals surface area contributed by atoms with Crippen LogP contribution < -0.4 is 14.6 Å². The van der Waals surface area contributed by atoms with E-state index in [9.17, 15) is 36.2 Å². The van der Waals surface area contributed by atoms with E-state index in [1.807, 2.05) is 0 Å². The molecule has 10 nitrogen and oxygen atoms in total. The van der Waals surface area contributed by atoms with Crippen molar-refractivity contribution in [2.45, 2.75) is 114 Å². The van der Waals surface area contributed by atoms with Gasteiger partial charge in [0.15, 0.2) is 0 Å². The number of aryl methyl sites for hydroxylation is 2. The monoisotopic (exact) mass is 794 g/mol. The summed E-state index contributed by atoms with van der Waals surface area (Å²) in [5, 5.41) is 20.5. The Bertz CT molecular complexity index is 1740. The third kappa shape index (κ3) is 17.4. The van der Waals surface area contributed by atoms with Crippen LogP contribution in [0, 0.1) is 0 Å². The Morgan fingerprint density at radius 1 is 0.566 bits per heavy atom. The molecule has 0 saturated heterocycles. The fourth-order valence-electron chi connectivity index (χ4n) is 5.49. The van der Waals surface area contributed by atoms with E-state index >= 15 is 0 Å². The van der Waals surface area contributed by atoms with Crippen molar-refractivity contribution in [2.75, 3.05) is 0 Å². The molecule has 0 heterocycles. The standard InChI is InChI=1S/2C20H26O5S.Ca/c2*1-2-3-4-5-6-7-8-16-9-14-20(26(22,23)24)19(15-16)25-18-12-10-17(21)11-13-18;/h2*9-15,21H,2-8H2,1H3,(H,22,23,24);/q;;+2/p-2. The first kappa shape index (κ1) is 46.3. The molecule has 0 amide bonds. The van der Waals surface area contributed by atoms with Crippen molar-refractivity contribution in [3.63, 3.8) is 0 Å². The summed E-state index contributed by atoms with van der Waals surface area (Å²) in [6.07, 6.45) is 15.7. The summed E-state index contributed by atoms with van der Waals surface area (Å²) in [5.74, 6) is 0.689.